The number of para-hydroxylation sites is 1. The van der Waals surface area contributed by atoms with Crippen LogP contribution in [0, 0.1) is 0 Å². The number of urea groups is 1. The van der Waals surface area contributed by atoms with Crippen molar-refractivity contribution in [3.63, 3.8) is 0 Å². The van der Waals surface area contributed by atoms with Gasteiger partial charge in [0.2, 0.25) is 0 Å². The van der Waals surface area contributed by atoms with Gasteiger partial charge in [0.15, 0.2) is 11.4 Å². The molecule has 5 nitrogen and oxygen atoms in total. The van der Waals surface area contributed by atoms with Crippen LogP contribution in [0.25, 0.3) is 11.0 Å². The summed E-state index contributed by atoms with van der Waals surface area (Å²) in [6.45, 7) is 3.99. The third-order valence-electron chi connectivity index (χ3n) is 2.00. The first kappa shape index (κ1) is 11.8. The van der Waals surface area contributed by atoms with Gasteiger partial charge in [-0.25, -0.2) is 4.79 Å². The number of carbonyl (C=O) groups excluding carboxylic acids is 1. The van der Waals surface area contributed by atoms with Gasteiger partial charge in [0.1, 0.15) is 0 Å². The molecule has 17 heavy (non-hydrogen) atoms. The maximum atomic E-state index is 11.5. The average molecular weight is 251 g/mol. The lowest BCUT2D eigenvalue weighted by Gasteiger charge is -2.06. The smallest absolute Gasteiger partial charge is 0.330 e. The van der Waals surface area contributed by atoms with E-state index in [2.05, 4.69) is 15.2 Å². The van der Waals surface area contributed by atoms with E-state index < -0.39 is 0 Å². The fraction of sp³-hybridized carbons (Fsp3) is 0.273. The number of fused-ring (bicyclic) bond motifs is 1. The summed E-state index contributed by atoms with van der Waals surface area (Å²) in [5, 5.41) is 7.57. The highest BCUT2D eigenvalue weighted by molar-refractivity contribution is 7.98. The van der Waals surface area contributed by atoms with Gasteiger partial charge in [0.25, 0.3) is 0 Å². The molecule has 0 unspecified atom stereocenters. The van der Waals surface area contributed by atoms with E-state index in [1.807, 2.05) is 32.0 Å². The molecule has 2 amide bonds. The fourth-order valence-electron chi connectivity index (χ4n) is 1.28. The predicted octanol–water partition coefficient (Wildman–Crippen LogP) is 3.01. The lowest BCUT2D eigenvalue weighted by molar-refractivity contribution is 0.257. The van der Waals surface area contributed by atoms with Crippen LogP contribution in [0.1, 0.15) is 13.8 Å². The summed E-state index contributed by atoms with van der Waals surface area (Å²) in [7, 11) is 0. The number of carbonyl (C=O) groups is 1. The maximum absolute atomic E-state index is 11.5. The number of benzene rings is 1. The van der Waals surface area contributed by atoms with Gasteiger partial charge in [-0.2, -0.15) is 0 Å². The molecule has 1 aromatic heterocycles. The Morgan fingerprint density at radius 2 is 2.18 bits per heavy atom. The standard InChI is InChI=1S/C11H13N3O2S/c1-7(2)17-14-11(15)12-10-8-5-3-4-6-9(8)16-13-10/h3-7H,1-2H3,(H2,12,13,14,15). The van der Waals surface area contributed by atoms with Gasteiger partial charge < -0.3 is 4.52 Å². The molecule has 1 aromatic carbocycles. The summed E-state index contributed by atoms with van der Waals surface area (Å²) in [4.78, 5) is 11.5. The molecular weight excluding hydrogens is 238 g/mol. The third kappa shape index (κ3) is 2.91. The molecule has 0 aliphatic carbocycles. The van der Waals surface area contributed by atoms with Crippen LogP contribution in [-0.4, -0.2) is 16.4 Å². The first-order valence-corrected chi connectivity index (χ1v) is 6.12. The van der Waals surface area contributed by atoms with Crippen molar-refractivity contribution in [3.8, 4) is 0 Å². The van der Waals surface area contributed by atoms with Crippen LogP contribution in [0.3, 0.4) is 0 Å². The van der Waals surface area contributed by atoms with Crippen LogP contribution in [0.5, 0.6) is 0 Å². The molecule has 2 N–H and O–H groups in total. The largest absolute Gasteiger partial charge is 0.354 e. The first-order valence-electron chi connectivity index (χ1n) is 5.24. The monoisotopic (exact) mass is 251 g/mol. The molecule has 0 saturated carbocycles. The Hall–Kier alpha value is -1.69. The van der Waals surface area contributed by atoms with Crippen LogP contribution in [0.4, 0.5) is 10.6 Å². The highest BCUT2D eigenvalue weighted by Crippen LogP contribution is 2.21. The average Bonchev–Trinajstić information content (AvgIpc) is 2.70. The quantitative estimate of drug-likeness (QED) is 0.823. The Labute approximate surface area is 103 Å². The molecule has 0 atom stereocenters. The van der Waals surface area contributed by atoms with Crippen molar-refractivity contribution < 1.29 is 9.32 Å². The second-order valence-corrected chi connectivity index (χ2v) is 5.13. The van der Waals surface area contributed by atoms with E-state index in [0.29, 0.717) is 16.7 Å². The Morgan fingerprint density at radius 1 is 1.41 bits per heavy atom. The molecule has 2 aromatic rings. The van der Waals surface area contributed by atoms with Gasteiger partial charge in [-0.3, -0.25) is 10.0 Å². The zero-order valence-corrected chi connectivity index (χ0v) is 10.4. The van der Waals surface area contributed by atoms with E-state index in [4.69, 9.17) is 4.52 Å². The highest BCUT2D eigenvalue weighted by atomic mass is 32.2. The second-order valence-electron chi connectivity index (χ2n) is 3.75. The molecule has 0 fully saturated rings. The number of rotatable bonds is 3. The normalized spacial score (nSPS) is 10.8. The first-order chi connectivity index (χ1) is 8.16. The van der Waals surface area contributed by atoms with Gasteiger partial charge in [-0.15, -0.1) is 0 Å². The van der Waals surface area contributed by atoms with Crippen LogP contribution in [0.2, 0.25) is 0 Å². The number of hydrogen-bond acceptors (Lipinski definition) is 4. The molecule has 2 rings (SSSR count). The van der Waals surface area contributed by atoms with Crippen molar-refractivity contribution in [1.82, 2.24) is 9.88 Å². The van der Waals surface area contributed by atoms with Crippen LogP contribution in [-0.2, 0) is 0 Å². The number of hydrogen-bond donors (Lipinski definition) is 2. The lowest BCUT2D eigenvalue weighted by Crippen LogP contribution is -2.24. The minimum Gasteiger partial charge on any atom is -0.354 e. The molecule has 0 spiro atoms. The fourth-order valence-corrected chi connectivity index (χ4v) is 1.67. The van der Waals surface area contributed by atoms with E-state index in [1.165, 1.54) is 11.9 Å². The molecule has 0 saturated heterocycles. The maximum Gasteiger partial charge on any atom is 0.330 e. The van der Waals surface area contributed by atoms with E-state index in [1.54, 1.807) is 6.07 Å². The number of amides is 2. The van der Waals surface area contributed by atoms with Crippen molar-refractivity contribution in [3.05, 3.63) is 24.3 Å². The van der Waals surface area contributed by atoms with Crippen molar-refractivity contribution in [2.45, 2.75) is 19.1 Å². The zero-order valence-electron chi connectivity index (χ0n) is 9.56. The second kappa shape index (κ2) is 5.09. The van der Waals surface area contributed by atoms with Gasteiger partial charge in [0.05, 0.1) is 5.39 Å². The van der Waals surface area contributed by atoms with Gasteiger partial charge >= 0.3 is 6.03 Å². The summed E-state index contributed by atoms with van der Waals surface area (Å²) in [5.74, 6) is 0.433. The van der Waals surface area contributed by atoms with E-state index in [9.17, 15) is 4.79 Å². The number of nitrogens with one attached hydrogen (secondary N) is 2. The van der Waals surface area contributed by atoms with E-state index in [-0.39, 0.29) is 6.03 Å². The Bertz CT molecular complexity index is 524. The van der Waals surface area contributed by atoms with Crippen LogP contribution >= 0.6 is 11.9 Å². The summed E-state index contributed by atoms with van der Waals surface area (Å²) < 4.78 is 7.75. The summed E-state index contributed by atoms with van der Waals surface area (Å²) in [6, 6.07) is 7.06. The molecule has 0 radical (unpaired) electrons. The predicted molar refractivity (Wildman–Crippen MR) is 68.9 cm³/mol. The van der Waals surface area contributed by atoms with Crippen LogP contribution in [0.15, 0.2) is 28.8 Å². The van der Waals surface area contributed by atoms with Crippen molar-refractivity contribution in [1.29, 1.82) is 0 Å². The summed E-state index contributed by atoms with van der Waals surface area (Å²) in [6.07, 6.45) is 0. The SMILES string of the molecule is CC(C)SNC(=O)Nc1noc2ccccc12. The molecule has 1 heterocycles. The summed E-state index contributed by atoms with van der Waals surface area (Å²) >= 11 is 1.35. The van der Waals surface area contributed by atoms with Crippen molar-refractivity contribution >= 4 is 34.8 Å². The van der Waals surface area contributed by atoms with Gasteiger partial charge in [-0.1, -0.05) is 31.1 Å². The van der Waals surface area contributed by atoms with Crippen LogP contribution < -0.4 is 10.0 Å². The summed E-state index contributed by atoms with van der Waals surface area (Å²) in [5.41, 5.74) is 0.652. The third-order valence-corrected chi connectivity index (χ3v) is 2.77. The van der Waals surface area contributed by atoms with Gasteiger partial charge in [0, 0.05) is 5.25 Å². The molecule has 0 aliphatic rings. The minimum absolute atomic E-state index is 0.303. The Balaban J connectivity index is 2.06. The molecule has 6 heteroatoms. The zero-order chi connectivity index (χ0) is 12.3. The number of nitrogens with zero attached hydrogens (tertiary/aromatic N) is 1. The van der Waals surface area contributed by atoms with Gasteiger partial charge in [-0.05, 0) is 24.1 Å². The molecular formula is C11H13N3O2S. The number of anilines is 1. The lowest BCUT2D eigenvalue weighted by atomic mass is 10.2. The Morgan fingerprint density at radius 3 is 2.94 bits per heavy atom. The van der Waals surface area contributed by atoms with Crippen molar-refractivity contribution in [2.75, 3.05) is 5.32 Å². The molecule has 90 valence electrons. The van der Waals surface area contributed by atoms with E-state index in [0.717, 1.165) is 5.39 Å². The number of aromatic nitrogens is 1. The minimum atomic E-state index is -0.303. The van der Waals surface area contributed by atoms with E-state index >= 15 is 0 Å². The highest BCUT2D eigenvalue weighted by Gasteiger charge is 2.10. The Kier molecular flexibility index (Phi) is 3.53. The topological polar surface area (TPSA) is 67.2 Å². The molecule has 0 bridgehead atoms. The van der Waals surface area contributed by atoms with Crippen molar-refractivity contribution in [2.24, 2.45) is 0 Å². The molecule has 0 aliphatic heterocycles.